The van der Waals surface area contributed by atoms with Gasteiger partial charge in [-0.2, -0.15) is 0 Å². The third-order valence-electron chi connectivity index (χ3n) is 3.33. The molecule has 0 saturated heterocycles. The first kappa shape index (κ1) is 13.3. The minimum absolute atomic E-state index is 0.0531. The zero-order chi connectivity index (χ0) is 13.8. The summed E-state index contributed by atoms with van der Waals surface area (Å²) in [5.41, 5.74) is 5.15. The van der Waals surface area contributed by atoms with Crippen molar-refractivity contribution >= 4 is 11.6 Å². The summed E-state index contributed by atoms with van der Waals surface area (Å²) in [5, 5.41) is 2.94. The molecule has 0 aliphatic heterocycles. The summed E-state index contributed by atoms with van der Waals surface area (Å²) in [6.45, 7) is 6.14. The van der Waals surface area contributed by atoms with Gasteiger partial charge in [0.1, 0.15) is 0 Å². The first-order valence-electron chi connectivity index (χ1n) is 6.50. The molecule has 19 heavy (non-hydrogen) atoms. The van der Waals surface area contributed by atoms with Gasteiger partial charge in [0.15, 0.2) is 0 Å². The van der Waals surface area contributed by atoms with Crippen LogP contribution in [0.5, 0.6) is 0 Å². The van der Waals surface area contributed by atoms with E-state index in [1.807, 2.05) is 50.3 Å². The number of aryl methyl sites for hydroxylation is 2. The second-order valence-electron chi connectivity index (χ2n) is 4.93. The van der Waals surface area contributed by atoms with Gasteiger partial charge < -0.3 is 5.32 Å². The number of carbonyl (C=O) groups is 1. The maximum absolute atomic E-state index is 12.2. The monoisotopic (exact) mass is 253 g/mol. The SMILES string of the molecule is CC1=CCC=C(C(=O)Nc2ccc(C)c(C)c2)C=C1. The van der Waals surface area contributed by atoms with Gasteiger partial charge in [-0.25, -0.2) is 0 Å². The standard InChI is InChI=1S/C17H19NO/c1-12-5-4-6-15(9-7-12)17(19)18-16-10-8-13(2)14(3)11-16/h5-11H,4H2,1-3H3,(H,18,19). The number of amides is 1. The highest BCUT2D eigenvalue weighted by molar-refractivity contribution is 6.05. The zero-order valence-electron chi connectivity index (χ0n) is 11.7. The molecule has 0 saturated carbocycles. The van der Waals surface area contributed by atoms with E-state index in [0.717, 1.165) is 12.1 Å². The van der Waals surface area contributed by atoms with Crippen LogP contribution in [0.4, 0.5) is 5.69 Å². The predicted octanol–water partition coefficient (Wildman–Crippen LogP) is 4.07. The quantitative estimate of drug-likeness (QED) is 0.845. The second-order valence-corrected chi connectivity index (χ2v) is 4.93. The van der Waals surface area contributed by atoms with E-state index in [1.54, 1.807) is 0 Å². The Bertz CT molecular complexity index is 591. The molecule has 1 aliphatic carbocycles. The molecule has 0 atom stereocenters. The van der Waals surface area contributed by atoms with Crippen molar-refractivity contribution < 1.29 is 4.79 Å². The smallest absolute Gasteiger partial charge is 0.255 e. The molecule has 1 aromatic carbocycles. The fourth-order valence-electron chi connectivity index (χ4n) is 1.92. The van der Waals surface area contributed by atoms with Crippen LogP contribution >= 0.6 is 0 Å². The molecular formula is C17H19NO. The Morgan fingerprint density at radius 1 is 1.05 bits per heavy atom. The number of hydrogen-bond donors (Lipinski definition) is 1. The van der Waals surface area contributed by atoms with Gasteiger partial charge >= 0.3 is 0 Å². The Labute approximate surface area is 114 Å². The van der Waals surface area contributed by atoms with Gasteiger partial charge in [-0.15, -0.1) is 0 Å². The van der Waals surface area contributed by atoms with E-state index in [1.165, 1.54) is 16.7 Å². The summed E-state index contributed by atoms with van der Waals surface area (Å²) in [4.78, 5) is 12.2. The van der Waals surface area contributed by atoms with Crippen LogP contribution in [0.3, 0.4) is 0 Å². The van der Waals surface area contributed by atoms with Gasteiger partial charge in [-0.1, -0.05) is 29.9 Å². The maximum atomic E-state index is 12.2. The number of carbonyl (C=O) groups excluding carboxylic acids is 1. The van der Waals surface area contributed by atoms with Crippen LogP contribution in [0.25, 0.3) is 0 Å². The first-order chi connectivity index (χ1) is 9.06. The number of nitrogens with one attached hydrogen (secondary N) is 1. The number of allylic oxidation sites excluding steroid dienone is 4. The van der Waals surface area contributed by atoms with Crippen LogP contribution < -0.4 is 5.32 Å². The lowest BCUT2D eigenvalue weighted by molar-refractivity contribution is -0.112. The summed E-state index contributed by atoms with van der Waals surface area (Å²) >= 11 is 0. The lowest BCUT2D eigenvalue weighted by atomic mass is 10.1. The van der Waals surface area contributed by atoms with Crippen molar-refractivity contribution in [2.24, 2.45) is 0 Å². The largest absolute Gasteiger partial charge is 0.322 e. The van der Waals surface area contributed by atoms with E-state index in [9.17, 15) is 4.79 Å². The Morgan fingerprint density at radius 3 is 2.58 bits per heavy atom. The molecule has 0 spiro atoms. The van der Waals surface area contributed by atoms with Crippen molar-refractivity contribution in [3.05, 3.63) is 64.8 Å². The van der Waals surface area contributed by atoms with Crippen molar-refractivity contribution in [2.75, 3.05) is 5.32 Å². The molecule has 0 radical (unpaired) electrons. The molecule has 0 unspecified atom stereocenters. The summed E-state index contributed by atoms with van der Waals surface area (Å²) in [6, 6.07) is 5.95. The molecule has 1 aliphatic rings. The van der Waals surface area contributed by atoms with Gasteiger partial charge in [-0.3, -0.25) is 4.79 Å². The van der Waals surface area contributed by atoms with Gasteiger partial charge in [-0.05, 0) is 56.5 Å². The molecule has 1 N–H and O–H groups in total. The molecule has 98 valence electrons. The van der Waals surface area contributed by atoms with Crippen LogP contribution in [0.1, 0.15) is 24.5 Å². The maximum Gasteiger partial charge on any atom is 0.255 e. The molecule has 0 heterocycles. The van der Waals surface area contributed by atoms with Gasteiger partial charge in [0.25, 0.3) is 5.91 Å². The molecular weight excluding hydrogens is 234 g/mol. The Morgan fingerprint density at radius 2 is 1.84 bits per heavy atom. The minimum Gasteiger partial charge on any atom is -0.322 e. The summed E-state index contributed by atoms with van der Waals surface area (Å²) < 4.78 is 0. The fraction of sp³-hybridized carbons (Fsp3) is 0.235. The molecule has 1 aromatic rings. The van der Waals surface area contributed by atoms with E-state index in [4.69, 9.17) is 0 Å². The molecule has 1 amide bonds. The summed E-state index contributed by atoms with van der Waals surface area (Å²) in [7, 11) is 0. The zero-order valence-corrected chi connectivity index (χ0v) is 11.7. The molecule has 0 aromatic heterocycles. The van der Waals surface area contributed by atoms with E-state index in [-0.39, 0.29) is 5.91 Å². The topological polar surface area (TPSA) is 29.1 Å². The normalized spacial score (nSPS) is 14.5. The number of benzene rings is 1. The Hall–Kier alpha value is -2.09. The highest BCUT2D eigenvalue weighted by Crippen LogP contribution is 2.16. The first-order valence-corrected chi connectivity index (χ1v) is 6.50. The molecule has 2 nitrogen and oxygen atoms in total. The second kappa shape index (κ2) is 5.70. The minimum atomic E-state index is -0.0531. The Kier molecular flexibility index (Phi) is 4.00. The summed E-state index contributed by atoms with van der Waals surface area (Å²) in [5.74, 6) is -0.0531. The number of hydrogen-bond acceptors (Lipinski definition) is 1. The molecule has 0 fully saturated rings. The van der Waals surface area contributed by atoms with Crippen molar-refractivity contribution in [1.29, 1.82) is 0 Å². The van der Waals surface area contributed by atoms with Gasteiger partial charge in [0, 0.05) is 11.3 Å². The van der Waals surface area contributed by atoms with E-state index >= 15 is 0 Å². The average Bonchev–Trinajstić information content (AvgIpc) is 2.59. The van der Waals surface area contributed by atoms with Gasteiger partial charge in [0.2, 0.25) is 0 Å². The van der Waals surface area contributed by atoms with Crippen LogP contribution in [0.15, 0.2) is 53.6 Å². The lowest BCUT2D eigenvalue weighted by Gasteiger charge is -2.08. The fourth-order valence-corrected chi connectivity index (χ4v) is 1.92. The van der Waals surface area contributed by atoms with Crippen LogP contribution in [-0.2, 0) is 4.79 Å². The van der Waals surface area contributed by atoms with Crippen molar-refractivity contribution in [1.82, 2.24) is 0 Å². The van der Waals surface area contributed by atoms with E-state index < -0.39 is 0 Å². The van der Waals surface area contributed by atoms with Crippen molar-refractivity contribution in [2.45, 2.75) is 27.2 Å². The molecule has 2 rings (SSSR count). The van der Waals surface area contributed by atoms with E-state index in [0.29, 0.717) is 5.57 Å². The lowest BCUT2D eigenvalue weighted by Crippen LogP contribution is -2.13. The average molecular weight is 253 g/mol. The van der Waals surface area contributed by atoms with Crippen LogP contribution in [-0.4, -0.2) is 5.91 Å². The highest BCUT2D eigenvalue weighted by atomic mass is 16.1. The summed E-state index contributed by atoms with van der Waals surface area (Å²) in [6.07, 6.45) is 8.69. The van der Waals surface area contributed by atoms with Crippen molar-refractivity contribution in [3.8, 4) is 0 Å². The van der Waals surface area contributed by atoms with Gasteiger partial charge in [0.05, 0.1) is 0 Å². The molecule has 2 heteroatoms. The number of anilines is 1. The number of rotatable bonds is 2. The van der Waals surface area contributed by atoms with Crippen molar-refractivity contribution in [3.63, 3.8) is 0 Å². The van der Waals surface area contributed by atoms with E-state index in [2.05, 4.69) is 18.3 Å². The molecule has 0 bridgehead atoms. The third-order valence-corrected chi connectivity index (χ3v) is 3.33. The van der Waals surface area contributed by atoms with Crippen LogP contribution in [0.2, 0.25) is 0 Å². The predicted molar refractivity (Wildman–Crippen MR) is 80.1 cm³/mol. The third kappa shape index (κ3) is 3.44. The Balaban J connectivity index is 2.11. The highest BCUT2D eigenvalue weighted by Gasteiger charge is 2.08. The van der Waals surface area contributed by atoms with Crippen LogP contribution in [0, 0.1) is 13.8 Å².